The zero-order valence-corrected chi connectivity index (χ0v) is 12.7. The summed E-state index contributed by atoms with van der Waals surface area (Å²) in [6.07, 6.45) is 0. The summed E-state index contributed by atoms with van der Waals surface area (Å²) < 4.78 is 20.6. The fraction of sp³-hybridized carbons (Fsp3) is 0.0769. The largest absolute Gasteiger partial charge is 0.453 e. The van der Waals surface area contributed by atoms with Crippen molar-refractivity contribution in [3.63, 3.8) is 0 Å². The van der Waals surface area contributed by atoms with E-state index in [-0.39, 0.29) is 5.75 Å². The second-order valence-corrected chi connectivity index (χ2v) is 5.59. The van der Waals surface area contributed by atoms with Gasteiger partial charge in [-0.3, -0.25) is 0 Å². The Kier molecular flexibility index (Phi) is 3.92. The zero-order valence-electron chi connectivity index (χ0n) is 9.51. The van der Waals surface area contributed by atoms with Crippen molar-refractivity contribution in [2.75, 3.05) is 5.73 Å². The van der Waals surface area contributed by atoms with Crippen LogP contribution in [-0.4, -0.2) is 0 Å². The monoisotopic (exact) mass is 373 g/mol. The summed E-state index contributed by atoms with van der Waals surface area (Å²) in [5.41, 5.74) is 7.30. The Labute approximate surface area is 121 Å². The van der Waals surface area contributed by atoms with Crippen LogP contribution in [0.2, 0.25) is 0 Å². The molecule has 2 aromatic rings. The molecule has 0 atom stereocenters. The molecular formula is C13H10Br2FNO. The summed E-state index contributed by atoms with van der Waals surface area (Å²) in [6.45, 7) is 1.87. The molecule has 0 aromatic heterocycles. The van der Waals surface area contributed by atoms with Crippen molar-refractivity contribution in [2.24, 2.45) is 0 Å². The highest BCUT2D eigenvalue weighted by Crippen LogP contribution is 2.35. The molecule has 5 heteroatoms. The number of anilines is 1. The van der Waals surface area contributed by atoms with Crippen LogP contribution in [0.15, 0.2) is 39.3 Å². The first kappa shape index (κ1) is 13.4. The van der Waals surface area contributed by atoms with E-state index in [1.54, 1.807) is 24.3 Å². The van der Waals surface area contributed by atoms with Crippen LogP contribution in [0.3, 0.4) is 0 Å². The van der Waals surface area contributed by atoms with Crippen LogP contribution >= 0.6 is 31.9 Å². The third-order valence-electron chi connectivity index (χ3n) is 2.43. The molecule has 94 valence electrons. The first-order valence-corrected chi connectivity index (χ1v) is 6.74. The topological polar surface area (TPSA) is 35.2 Å². The molecule has 0 spiro atoms. The lowest BCUT2D eigenvalue weighted by Crippen LogP contribution is -1.94. The molecular weight excluding hydrogens is 365 g/mol. The summed E-state index contributed by atoms with van der Waals surface area (Å²) in [6, 6.07) is 8.04. The van der Waals surface area contributed by atoms with Crippen molar-refractivity contribution in [3.05, 3.63) is 50.7 Å². The maximum atomic E-state index is 13.6. The Morgan fingerprint density at radius 2 is 1.83 bits per heavy atom. The Bertz CT molecular complexity index is 602. The minimum absolute atomic E-state index is 0.161. The van der Waals surface area contributed by atoms with Gasteiger partial charge in [0.15, 0.2) is 11.6 Å². The lowest BCUT2D eigenvalue weighted by atomic mass is 10.2. The molecule has 0 heterocycles. The number of hydrogen-bond donors (Lipinski definition) is 1. The molecule has 2 rings (SSSR count). The van der Waals surface area contributed by atoms with Crippen LogP contribution in [0.4, 0.5) is 10.1 Å². The predicted molar refractivity (Wildman–Crippen MR) is 77.5 cm³/mol. The van der Waals surface area contributed by atoms with Gasteiger partial charge in [0.25, 0.3) is 0 Å². The first-order valence-electron chi connectivity index (χ1n) is 5.16. The van der Waals surface area contributed by atoms with E-state index in [0.29, 0.717) is 15.9 Å². The van der Waals surface area contributed by atoms with Crippen molar-refractivity contribution < 1.29 is 9.13 Å². The minimum Gasteiger partial charge on any atom is -0.453 e. The van der Waals surface area contributed by atoms with Gasteiger partial charge in [0.05, 0.1) is 4.47 Å². The molecule has 2 nitrogen and oxygen atoms in total. The van der Waals surface area contributed by atoms with Crippen LogP contribution in [-0.2, 0) is 0 Å². The highest BCUT2D eigenvalue weighted by molar-refractivity contribution is 9.10. The van der Waals surface area contributed by atoms with Crippen LogP contribution in [0.1, 0.15) is 5.56 Å². The quantitative estimate of drug-likeness (QED) is 0.748. The van der Waals surface area contributed by atoms with Gasteiger partial charge < -0.3 is 10.5 Å². The van der Waals surface area contributed by atoms with Gasteiger partial charge in [-0.25, -0.2) is 4.39 Å². The molecule has 18 heavy (non-hydrogen) atoms. The number of aryl methyl sites for hydroxylation is 1. The second kappa shape index (κ2) is 5.28. The fourth-order valence-corrected chi connectivity index (χ4v) is 2.20. The van der Waals surface area contributed by atoms with Crippen molar-refractivity contribution in [1.29, 1.82) is 0 Å². The molecule has 0 fully saturated rings. The molecule has 0 bridgehead atoms. The van der Waals surface area contributed by atoms with E-state index in [2.05, 4.69) is 31.9 Å². The summed E-state index contributed by atoms with van der Waals surface area (Å²) in [5, 5.41) is 0. The second-order valence-electron chi connectivity index (χ2n) is 3.82. The van der Waals surface area contributed by atoms with Crippen LogP contribution < -0.4 is 10.5 Å². The SMILES string of the molecule is Cc1cc(Oc2cc(Br)ccc2F)c(Br)cc1N. The summed E-state index contributed by atoms with van der Waals surface area (Å²) >= 11 is 6.62. The van der Waals surface area contributed by atoms with Gasteiger partial charge in [0.2, 0.25) is 0 Å². The standard InChI is InChI=1S/C13H10Br2FNO/c1-7-4-12(9(15)6-11(7)17)18-13-5-8(14)2-3-10(13)16/h2-6H,17H2,1H3. The van der Waals surface area contributed by atoms with Crippen LogP contribution in [0, 0.1) is 12.7 Å². The average molecular weight is 375 g/mol. The van der Waals surface area contributed by atoms with E-state index < -0.39 is 5.82 Å². The van der Waals surface area contributed by atoms with Crippen molar-refractivity contribution >= 4 is 37.5 Å². The Morgan fingerprint density at radius 1 is 1.11 bits per heavy atom. The van der Waals surface area contributed by atoms with E-state index in [1.165, 1.54) is 6.07 Å². The fourth-order valence-electron chi connectivity index (χ4n) is 1.42. The maximum Gasteiger partial charge on any atom is 0.165 e. The summed E-state index contributed by atoms with van der Waals surface area (Å²) in [7, 11) is 0. The molecule has 0 radical (unpaired) electrons. The van der Waals surface area contributed by atoms with Gasteiger partial charge in [-0.05, 0) is 58.7 Å². The number of ether oxygens (including phenoxy) is 1. The van der Waals surface area contributed by atoms with Crippen molar-refractivity contribution in [3.8, 4) is 11.5 Å². The first-order chi connectivity index (χ1) is 8.47. The van der Waals surface area contributed by atoms with E-state index in [1.807, 2.05) is 6.92 Å². The summed E-state index contributed by atoms with van der Waals surface area (Å²) in [5.74, 6) is 0.271. The number of halogens is 3. The molecule has 2 aromatic carbocycles. The predicted octanol–water partition coefficient (Wildman–Crippen LogP) is 5.03. The maximum absolute atomic E-state index is 13.6. The summed E-state index contributed by atoms with van der Waals surface area (Å²) in [4.78, 5) is 0. The van der Waals surface area contributed by atoms with Gasteiger partial charge in [-0.2, -0.15) is 0 Å². The smallest absolute Gasteiger partial charge is 0.165 e. The Hall–Kier alpha value is -1.07. The minimum atomic E-state index is -0.417. The number of hydrogen-bond acceptors (Lipinski definition) is 2. The molecule has 0 aliphatic rings. The average Bonchev–Trinajstić information content (AvgIpc) is 2.30. The molecule has 0 saturated heterocycles. The lowest BCUT2D eigenvalue weighted by Gasteiger charge is -2.11. The van der Waals surface area contributed by atoms with E-state index in [4.69, 9.17) is 10.5 Å². The third kappa shape index (κ3) is 2.84. The Balaban J connectivity index is 2.40. The van der Waals surface area contributed by atoms with Gasteiger partial charge in [-0.15, -0.1) is 0 Å². The van der Waals surface area contributed by atoms with Crippen LogP contribution in [0.5, 0.6) is 11.5 Å². The highest BCUT2D eigenvalue weighted by atomic mass is 79.9. The van der Waals surface area contributed by atoms with Crippen LogP contribution in [0.25, 0.3) is 0 Å². The van der Waals surface area contributed by atoms with Gasteiger partial charge in [0, 0.05) is 10.2 Å². The molecule has 0 unspecified atom stereocenters. The molecule has 2 N–H and O–H groups in total. The zero-order chi connectivity index (χ0) is 13.3. The molecule has 0 amide bonds. The highest BCUT2D eigenvalue weighted by Gasteiger charge is 2.09. The van der Waals surface area contributed by atoms with Gasteiger partial charge in [0.1, 0.15) is 5.75 Å². The number of benzene rings is 2. The normalized spacial score (nSPS) is 10.4. The van der Waals surface area contributed by atoms with Crippen molar-refractivity contribution in [2.45, 2.75) is 6.92 Å². The van der Waals surface area contributed by atoms with E-state index in [0.717, 1.165) is 10.0 Å². The Morgan fingerprint density at radius 3 is 2.56 bits per heavy atom. The third-order valence-corrected chi connectivity index (χ3v) is 3.55. The lowest BCUT2D eigenvalue weighted by molar-refractivity contribution is 0.439. The van der Waals surface area contributed by atoms with E-state index >= 15 is 0 Å². The number of nitrogen functional groups attached to an aromatic ring is 1. The van der Waals surface area contributed by atoms with Gasteiger partial charge >= 0.3 is 0 Å². The van der Waals surface area contributed by atoms with Gasteiger partial charge in [-0.1, -0.05) is 15.9 Å². The molecule has 0 aliphatic carbocycles. The van der Waals surface area contributed by atoms with Crippen molar-refractivity contribution in [1.82, 2.24) is 0 Å². The number of rotatable bonds is 2. The van der Waals surface area contributed by atoms with E-state index in [9.17, 15) is 4.39 Å². The number of nitrogens with two attached hydrogens (primary N) is 1. The molecule has 0 aliphatic heterocycles. The molecule has 0 saturated carbocycles.